The van der Waals surface area contributed by atoms with Crippen LogP contribution in [0, 0.1) is 13.8 Å². The van der Waals surface area contributed by atoms with Crippen LogP contribution in [0.2, 0.25) is 0 Å². The largest absolute Gasteiger partial charge is 0.476 e. The normalized spacial score (nSPS) is 11.0. The maximum atomic E-state index is 11.5. The molecule has 2 aromatic heterocycles. The van der Waals surface area contributed by atoms with Crippen LogP contribution in [0.15, 0.2) is 30.3 Å². The quantitative estimate of drug-likeness (QED) is 0.653. The Morgan fingerprint density at radius 2 is 2.04 bits per heavy atom. The molecule has 2 heterocycles. The summed E-state index contributed by atoms with van der Waals surface area (Å²) in [6.07, 6.45) is 0. The van der Waals surface area contributed by atoms with Crippen LogP contribution in [0.25, 0.3) is 10.6 Å². The lowest BCUT2D eigenvalue weighted by Crippen LogP contribution is -2.10. The number of hydrogen-bond donors (Lipinski definition) is 1. The molecular weight excluding hydrogens is 340 g/mol. The number of rotatable bonds is 7. The van der Waals surface area contributed by atoms with E-state index in [2.05, 4.69) is 15.3 Å². The van der Waals surface area contributed by atoms with Gasteiger partial charge in [-0.1, -0.05) is 35.5 Å². The van der Waals surface area contributed by atoms with Crippen molar-refractivity contribution in [1.29, 1.82) is 0 Å². The number of carboxylic acids is 1. The van der Waals surface area contributed by atoms with Gasteiger partial charge in [-0.2, -0.15) is 0 Å². The minimum Gasteiger partial charge on any atom is -0.476 e. The molecule has 0 unspecified atom stereocenters. The fourth-order valence-electron chi connectivity index (χ4n) is 2.50. The van der Waals surface area contributed by atoms with Crippen LogP contribution in [-0.2, 0) is 17.9 Å². The van der Waals surface area contributed by atoms with Gasteiger partial charge in [0.15, 0.2) is 5.69 Å². The second-order valence-electron chi connectivity index (χ2n) is 5.50. The summed E-state index contributed by atoms with van der Waals surface area (Å²) >= 11 is 1.44. The standard InChI is InChI=1S/C17H18N4O3S/c1-11-16(25-12(2)18-11)15-14(17(22)23)19-20-21(15)8-9-24-10-13-6-4-3-5-7-13/h3-7H,8-10H2,1-2H3,(H,22,23). The highest BCUT2D eigenvalue weighted by molar-refractivity contribution is 7.15. The monoisotopic (exact) mass is 358 g/mol. The van der Waals surface area contributed by atoms with Crippen LogP contribution in [0.5, 0.6) is 0 Å². The van der Waals surface area contributed by atoms with Gasteiger partial charge < -0.3 is 9.84 Å². The van der Waals surface area contributed by atoms with E-state index in [1.165, 1.54) is 11.3 Å². The number of aromatic carboxylic acids is 1. The van der Waals surface area contributed by atoms with Crippen LogP contribution in [0.1, 0.15) is 26.8 Å². The summed E-state index contributed by atoms with van der Waals surface area (Å²) in [4.78, 5) is 16.6. The third-order valence-electron chi connectivity index (χ3n) is 3.62. The molecule has 0 spiro atoms. The van der Waals surface area contributed by atoms with Crippen molar-refractivity contribution < 1.29 is 14.6 Å². The summed E-state index contributed by atoms with van der Waals surface area (Å²) in [5, 5.41) is 18.1. The zero-order valence-electron chi connectivity index (χ0n) is 14.0. The van der Waals surface area contributed by atoms with Crippen LogP contribution in [0.4, 0.5) is 0 Å². The molecular formula is C17H18N4O3S. The van der Waals surface area contributed by atoms with E-state index in [4.69, 9.17) is 4.74 Å². The molecule has 0 aliphatic carbocycles. The third-order valence-corrected chi connectivity index (χ3v) is 4.69. The second kappa shape index (κ2) is 7.54. The van der Waals surface area contributed by atoms with Gasteiger partial charge in [0.25, 0.3) is 0 Å². The molecule has 0 aliphatic heterocycles. The number of ether oxygens (including phenoxy) is 1. The van der Waals surface area contributed by atoms with Crippen LogP contribution in [-0.4, -0.2) is 37.7 Å². The summed E-state index contributed by atoms with van der Waals surface area (Å²) in [5.41, 5.74) is 2.29. The number of carbonyl (C=O) groups is 1. The first kappa shape index (κ1) is 17.2. The lowest BCUT2D eigenvalue weighted by molar-refractivity contribution is 0.0691. The van der Waals surface area contributed by atoms with E-state index in [0.29, 0.717) is 25.5 Å². The number of aromatic nitrogens is 4. The number of aryl methyl sites for hydroxylation is 2. The van der Waals surface area contributed by atoms with Crippen LogP contribution < -0.4 is 0 Å². The zero-order valence-corrected chi connectivity index (χ0v) is 14.8. The van der Waals surface area contributed by atoms with E-state index in [1.807, 2.05) is 44.2 Å². The fourth-order valence-corrected chi connectivity index (χ4v) is 3.47. The number of benzene rings is 1. The van der Waals surface area contributed by atoms with E-state index < -0.39 is 5.97 Å². The van der Waals surface area contributed by atoms with Crippen molar-refractivity contribution in [2.24, 2.45) is 0 Å². The molecule has 0 bridgehead atoms. The lowest BCUT2D eigenvalue weighted by Gasteiger charge is -2.07. The van der Waals surface area contributed by atoms with Gasteiger partial charge in [0, 0.05) is 0 Å². The molecule has 0 fully saturated rings. The van der Waals surface area contributed by atoms with Crippen molar-refractivity contribution in [3.05, 3.63) is 52.3 Å². The van der Waals surface area contributed by atoms with E-state index in [0.717, 1.165) is 21.1 Å². The molecule has 0 saturated heterocycles. The first-order chi connectivity index (χ1) is 12.1. The molecule has 0 saturated carbocycles. The van der Waals surface area contributed by atoms with Gasteiger partial charge in [0.1, 0.15) is 5.69 Å². The van der Waals surface area contributed by atoms with Crippen molar-refractivity contribution >= 4 is 17.3 Å². The van der Waals surface area contributed by atoms with E-state index in [-0.39, 0.29) is 5.69 Å². The maximum Gasteiger partial charge on any atom is 0.358 e. The van der Waals surface area contributed by atoms with Crippen molar-refractivity contribution in [3.8, 4) is 10.6 Å². The highest BCUT2D eigenvalue weighted by Gasteiger charge is 2.23. The van der Waals surface area contributed by atoms with Gasteiger partial charge in [0.05, 0.1) is 35.3 Å². The molecule has 3 aromatic rings. The minimum atomic E-state index is -1.10. The SMILES string of the molecule is Cc1nc(C)c(-c2c(C(=O)O)nnn2CCOCc2ccccc2)s1. The summed E-state index contributed by atoms with van der Waals surface area (Å²) in [5.74, 6) is -1.10. The molecule has 130 valence electrons. The highest BCUT2D eigenvalue weighted by Crippen LogP contribution is 2.31. The van der Waals surface area contributed by atoms with Gasteiger partial charge in [-0.25, -0.2) is 14.5 Å². The minimum absolute atomic E-state index is 0.0604. The Balaban J connectivity index is 1.75. The lowest BCUT2D eigenvalue weighted by atomic mass is 10.2. The Hall–Kier alpha value is -2.58. The molecule has 7 nitrogen and oxygen atoms in total. The average Bonchev–Trinajstić information content (AvgIpc) is 3.15. The molecule has 0 amide bonds. The van der Waals surface area contributed by atoms with Gasteiger partial charge in [-0.15, -0.1) is 16.4 Å². The predicted molar refractivity (Wildman–Crippen MR) is 93.7 cm³/mol. The van der Waals surface area contributed by atoms with Gasteiger partial charge in [-0.05, 0) is 19.4 Å². The number of carboxylic acid groups (broad SMARTS) is 1. The predicted octanol–water partition coefficient (Wildman–Crippen LogP) is 2.93. The molecule has 0 aliphatic rings. The number of nitrogens with zero attached hydrogens (tertiary/aromatic N) is 4. The topological polar surface area (TPSA) is 90.1 Å². The smallest absolute Gasteiger partial charge is 0.358 e. The van der Waals surface area contributed by atoms with Gasteiger partial charge in [0.2, 0.25) is 0 Å². The molecule has 3 rings (SSSR count). The van der Waals surface area contributed by atoms with Crippen LogP contribution in [0.3, 0.4) is 0 Å². The van der Waals surface area contributed by atoms with Crippen molar-refractivity contribution in [2.75, 3.05) is 6.61 Å². The molecule has 1 N–H and O–H groups in total. The van der Waals surface area contributed by atoms with E-state index in [9.17, 15) is 9.90 Å². The maximum absolute atomic E-state index is 11.5. The Morgan fingerprint density at radius 3 is 2.68 bits per heavy atom. The zero-order chi connectivity index (χ0) is 17.8. The number of thiazole rings is 1. The molecule has 0 atom stereocenters. The summed E-state index contributed by atoms with van der Waals surface area (Å²) < 4.78 is 7.25. The summed E-state index contributed by atoms with van der Waals surface area (Å²) in [6.45, 7) is 5.06. The van der Waals surface area contributed by atoms with Crippen molar-refractivity contribution in [3.63, 3.8) is 0 Å². The summed E-state index contributed by atoms with van der Waals surface area (Å²) in [6, 6.07) is 9.86. The van der Waals surface area contributed by atoms with Crippen molar-refractivity contribution in [1.82, 2.24) is 20.0 Å². The van der Waals surface area contributed by atoms with Gasteiger partial charge in [-0.3, -0.25) is 0 Å². The Labute approximate surface area is 148 Å². The first-order valence-electron chi connectivity index (χ1n) is 7.79. The van der Waals surface area contributed by atoms with E-state index >= 15 is 0 Å². The van der Waals surface area contributed by atoms with Crippen LogP contribution >= 0.6 is 11.3 Å². The average molecular weight is 358 g/mol. The second-order valence-corrected chi connectivity index (χ2v) is 6.70. The number of hydrogen-bond acceptors (Lipinski definition) is 6. The first-order valence-corrected chi connectivity index (χ1v) is 8.60. The Kier molecular flexibility index (Phi) is 5.20. The Morgan fingerprint density at radius 1 is 1.28 bits per heavy atom. The van der Waals surface area contributed by atoms with E-state index in [1.54, 1.807) is 4.68 Å². The Bertz CT molecular complexity index is 873. The highest BCUT2D eigenvalue weighted by atomic mass is 32.1. The molecule has 1 aromatic carbocycles. The third kappa shape index (κ3) is 3.92. The fraction of sp³-hybridized carbons (Fsp3) is 0.294. The molecule has 8 heteroatoms. The summed E-state index contributed by atoms with van der Waals surface area (Å²) in [7, 11) is 0. The van der Waals surface area contributed by atoms with Gasteiger partial charge >= 0.3 is 5.97 Å². The molecule has 0 radical (unpaired) electrons. The van der Waals surface area contributed by atoms with Crippen molar-refractivity contribution in [2.45, 2.75) is 27.0 Å². The molecule has 25 heavy (non-hydrogen) atoms.